The molecule has 11 aromatic rings. The Labute approximate surface area is 332 Å². The highest BCUT2D eigenvalue weighted by Crippen LogP contribution is 2.47. The molecule has 57 heavy (non-hydrogen) atoms. The molecule has 1 nitrogen and oxygen atoms in total. The minimum atomic E-state index is 1.10. The number of hydrogen-bond donors (Lipinski definition) is 0. The minimum Gasteiger partial charge on any atom is -0.309 e. The fraction of sp³-hybridized carbons (Fsp3) is 0. The molecule has 0 bridgehead atoms. The third-order valence-corrected chi connectivity index (χ3v) is 11.6. The zero-order valence-corrected chi connectivity index (χ0v) is 31.3. The van der Waals surface area contributed by atoms with E-state index in [0.29, 0.717) is 0 Å². The highest BCUT2D eigenvalue weighted by molar-refractivity contribution is 6.22. The first-order valence-corrected chi connectivity index (χ1v) is 19.7. The van der Waals surface area contributed by atoms with Crippen molar-refractivity contribution in [3.63, 3.8) is 0 Å². The Hall–Kier alpha value is -7.48. The SMILES string of the molecule is c1ccc(-c2ccc(N(c3ccccc3-c3ccc4ccccc4c3)c3cccc4c(-c5cc6c7ccccc7ccc6c6ccccc56)cccc34)cc2)cc1. The lowest BCUT2D eigenvalue weighted by Gasteiger charge is -2.29. The monoisotopic (exact) mass is 723 g/mol. The fourth-order valence-corrected chi connectivity index (χ4v) is 8.92. The van der Waals surface area contributed by atoms with E-state index in [1.807, 2.05) is 0 Å². The van der Waals surface area contributed by atoms with E-state index in [2.05, 4.69) is 229 Å². The molecular weight excluding hydrogens is 687 g/mol. The molecular formula is C56H37N. The average Bonchev–Trinajstić information content (AvgIpc) is 3.29. The molecule has 11 rings (SSSR count). The smallest absolute Gasteiger partial charge is 0.0540 e. The van der Waals surface area contributed by atoms with Gasteiger partial charge in [-0.05, 0) is 113 Å². The third kappa shape index (κ3) is 5.63. The van der Waals surface area contributed by atoms with Gasteiger partial charge in [0.15, 0.2) is 0 Å². The van der Waals surface area contributed by atoms with E-state index in [0.717, 1.165) is 17.1 Å². The average molecular weight is 724 g/mol. The van der Waals surface area contributed by atoms with Crippen LogP contribution in [-0.2, 0) is 0 Å². The first-order valence-electron chi connectivity index (χ1n) is 19.7. The number of fused-ring (bicyclic) bond motifs is 7. The first kappa shape index (κ1) is 32.9. The molecule has 0 saturated heterocycles. The van der Waals surface area contributed by atoms with Crippen LogP contribution in [0.5, 0.6) is 0 Å². The molecule has 0 aliphatic heterocycles. The summed E-state index contributed by atoms with van der Waals surface area (Å²) in [4.78, 5) is 2.46. The van der Waals surface area contributed by atoms with Crippen molar-refractivity contribution < 1.29 is 0 Å². The molecule has 0 heterocycles. The van der Waals surface area contributed by atoms with Gasteiger partial charge in [-0.2, -0.15) is 0 Å². The highest BCUT2D eigenvalue weighted by atomic mass is 15.1. The predicted molar refractivity (Wildman–Crippen MR) is 245 cm³/mol. The van der Waals surface area contributed by atoms with Crippen LogP contribution in [0.15, 0.2) is 224 Å². The summed E-state index contributed by atoms with van der Waals surface area (Å²) in [5, 5.41) is 12.5. The molecule has 0 spiro atoms. The molecule has 0 amide bonds. The van der Waals surface area contributed by atoms with Gasteiger partial charge in [-0.25, -0.2) is 0 Å². The summed E-state index contributed by atoms with van der Waals surface area (Å²) in [7, 11) is 0. The Morgan fingerprint density at radius 3 is 1.63 bits per heavy atom. The van der Waals surface area contributed by atoms with Gasteiger partial charge in [-0.15, -0.1) is 0 Å². The maximum Gasteiger partial charge on any atom is 0.0540 e. The molecule has 0 N–H and O–H groups in total. The molecule has 0 fully saturated rings. The van der Waals surface area contributed by atoms with Crippen molar-refractivity contribution >= 4 is 70.9 Å². The van der Waals surface area contributed by atoms with Crippen LogP contribution in [0.2, 0.25) is 0 Å². The van der Waals surface area contributed by atoms with Crippen LogP contribution >= 0.6 is 0 Å². The number of benzene rings is 11. The van der Waals surface area contributed by atoms with Crippen molar-refractivity contribution in [2.75, 3.05) is 4.90 Å². The summed E-state index contributed by atoms with van der Waals surface area (Å²) < 4.78 is 0. The molecule has 0 aromatic heterocycles. The minimum absolute atomic E-state index is 1.10. The zero-order valence-electron chi connectivity index (χ0n) is 31.3. The molecule has 0 saturated carbocycles. The van der Waals surface area contributed by atoms with Crippen molar-refractivity contribution in [2.45, 2.75) is 0 Å². The van der Waals surface area contributed by atoms with Crippen LogP contribution in [0.3, 0.4) is 0 Å². The van der Waals surface area contributed by atoms with Crippen LogP contribution in [-0.4, -0.2) is 0 Å². The second-order valence-corrected chi connectivity index (χ2v) is 14.9. The maximum absolute atomic E-state index is 2.46. The molecule has 266 valence electrons. The van der Waals surface area contributed by atoms with Crippen molar-refractivity contribution in [3.05, 3.63) is 224 Å². The Bertz CT molecular complexity index is 3290. The molecule has 0 aliphatic carbocycles. The topological polar surface area (TPSA) is 3.24 Å². The van der Waals surface area contributed by atoms with E-state index in [1.165, 1.54) is 87.2 Å². The van der Waals surface area contributed by atoms with Gasteiger partial charge in [0.2, 0.25) is 0 Å². The van der Waals surface area contributed by atoms with Crippen LogP contribution in [0, 0.1) is 0 Å². The fourth-order valence-electron chi connectivity index (χ4n) is 8.92. The lowest BCUT2D eigenvalue weighted by molar-refractivity contribution is 1.30. The van der Waals surface area contributed by atoms with Gasteiger partial charge in [0, 0.05) is 16.6 Å². The van der Waals surface area contributed by atoms with E-state index >= 15 is 0 Å². The summed E-state index contributed by atoms with van der Waals surface area (Å²) >= 11 is 0. The van der Waals surface area contributed by atoms with Gasteiger partial charge in [-0.3, -0.25) is 0 Å². The van der Waals surface area contributed by atoms with Gasteiger partial charge in [0.05, 0.1) is 11.4 Å². The van der Waals surface area contributed by atoms with Crippen molar-refractivity contribution in [1.29, 1.82) is 0 Å². The van der Waals surface area contributed by atoms with Crippen LogP contribution in [0.4, 0.5) is 17.1 Å². The van der Waals surface area contributed by atoms with E-state index in [4.69, 9.17) is 0 Å². The number of rotatable bonds is 6. The second kappa shape index (κ2) is 13.7. The summed E-state index contributed by atoms with van der Waals surface area (Å²) in [5.74, 6) is 0. The maximum atomic E-state index is 2.46. The molecule has 11 aromatic carbocycles. The summed E-state index contributed by atoms with van der Waals surface area (Å²) in [6, 6.07) is 82.1. The van der Waals surface area contributed by atoms with Crippen LogP contribution in [0.1, 0.15) is 0 Å². The largest absolute Gasteiger partial charge is 0.309 e. The van der Waals surface area contributed by atoms with Crippen LogP contribution < -0.4 is 4.90 Å². The molecule has 0 unspecified atom stereocenters. The van der Waals surface area contributed by atoms with E-state index in [-0.39, 0.29) is 0 Å². The Morgan fingerprint density at radius 2 is 0.772 bits per heavy atom. The van der Waals surface area contributed by atoms with Crippen LogP contribution in [0.25, 0.3) is 87.2 Å². The molecule has 0 aliphatic rings. The van der Waals surface area contributed by atoms with E-state index < -0.39 is 0 Å². The predicted octanol–water partition coefficient (Wildman–Crippen LogP) is 15.9. The van der Waals surface area contributed by atoms with E-state index in [1.54, 1.807) is 0 Å². The highest BCUT2D eigenvalue weighted by Gasteiger charge is 2.21. The van der Waals surface area contributed by atoms with Gasteiger partial charge in [-0.1, -0.05) is 188 Å². The molecule has 0 atom stereocenters. The number of anilines is 3. The van der Waals surface area contributed by atoms with Crippen molar-refractivity contribution in [2.24, 2.45) is 0 Å². The van der Waals surface area contributed by atoms with Gasteiger partial charge in [0.25, 0.3) is 0 Å². The first-order chi connectivity index (χ1) is 28.3. The standard InChI is InChI=1S/C56H37N/c1-2-14-38(15-3-1)40-30-33-44(34-31-40)57(55-26-11-10-20-46(55)43-29-28-39-16-4-5-18-42(39)36-43)56-27-13-24-48-50(23-12-25-52(48)56)54-37-53-45-19-7-6-17-41(45)32-35-51(53)47-21-8-9-22-49(47)54/h1-37H. The Kier molecular flexibility index (Phi) is 7.89. The summed E-state index contributed by atoms with van der Waals surface area (Å²) in [6.45, 7) is 0. The number of nitrogens with zero attached hydrogens (tertiary/aromatic N) is 1. The van der Waals surface area contributed by atoms with Gasteiger partial charge in [0.1, 0.15) is 0 Å². The normalized spacial score (nSPS) is 11.5. The van der Waals surface area contributed by atoms with Crippen molar-refractivity contribution in [1.82, 2.24) is 0 Å². The number of para-hydroxylation sites is 1. The molecule has 1 heteroatoms. The lowest BCUT2D eigenvalue weighted by atomic mass is 9.89. The quantitative estimate of drug-likeness (QED) is 0.154. The Balaban J connectivity index is 1.15. The van der Waals surface area contributed by atoms with E-state index in [9.17, 15) is 0 Å². The Morgan fingerprint density at radius 1 is 0.228 bits per heavy atom. The third-order valence-electron chi connectivity index (χ3n) is 11.6. The van der Waals surface area contributed by atoms with Crippen molar-refractivity contribution in [3.8, 4) is 33.4 Å². The summed E-state index contributed by atoms with van der Waals surface area (Å²) in [6.07, 6.45) is 0. The number of hydrogen-bond acceptors (Lipinski definition) is 1. The van der Waals surface area contributed by atoms with Gasteiger partial charge >= 0.3 is 0 Å². The van der Waals surface area contributed by atoms with Gasteiger partial charge < -0.3 is 4.90 Å². The second-order valence-electron chi connectivity index (χ2n) is 14.9. The zero-order chi connectivity index (χ0) is 37.7. The molecule has 0 radical (unpaired) electrons. The lowest BCUT2D eigenvalue weighted by Crippen LogP contribution is -2.11. The summed E-state index contributed by atoms with van der Waals surface area (Å²) in [5.41, 5.74) is 10.6.